The molecule has 0 fully saturated rings. The van der Waals surface area contributed by atoms with Crippen LogP contribution < -0.4 is 4.90 Å². The summed E-state index contributed by atoms with van der Waals surface area (Å²) >= 11 is 1.63. The largest absolute Gasteiger partial charge is 0.471 e. The Morgan fingerprint density at radius 2 is 2.19 bits per heavy atom. The Morgan fingerprint density at radius 3 is 2.86 bits per heavy atom. The molecule has 0 aliphatic carbocycles. The first-order chi connectivity index (χ1) is 10.2. The molecule has 2 rings (SSSR count). The molecule has 0 N–H and O–H groups in total. The van der Waals surface area contributed by atoms with E-state index in [0.29, 0.717) is 0 Å². The summed E-state index contributed by atoms with van der Waals surface area (Å²) in [6.07, 6.45) is 3.33. The van der Waals surface area contributed by atoms with Gasteiger partial charge in [0.15, 0.2) is 0 Å². The quantitative estimate of drug-likeness (QED) is 0.481. The number of ether oxygens (including phenoxy) is 1. The van der Waals surface area contributed by atoms with E-state index in [9.17, 15) is 4.79 Å². The van der Waals surface area contributed by atoms with Crippen molar-refractivity contribution < 1.29 is 9.53 Å². The second-order valence-electron chi connectivity index (χ2n) is 4.20. The molecular formula is C16H16N2O2S. The fourth-order valence-corrected chi connectivity index (χ4v) is 3.14. The van der Waals surface area contributed by atoms with E-state index in [-0.39, 0.29) is 12.3 Å². The van der Waals surface area contributed by atoms with E-state index in [1.54, 1.807) is 24.8 Å². The summed E-state index contributed by atoms with van der Waals surface area (Å²) in [4.78, 5) is 18.2. The molecule has 1 aromatic carbocycles. The van der Waals surface area contributed by atoms with Crippen molar-refractivity contribution in [2.45, 2.75) is 18.7 Å². The van der Waals surface area contributed by atoms with Crippen molar-refractivity contribution in [2.24, 2.45) is 0 Å². The zero-order valence-corrected chi connectivity index (χ0v) is 12.8. The highest BCUT2D eigenvalue weighted by Gasteiger charge is 2.22. The third-order valence-electron chi connectivity index (χ3n) is 2.94. The fraction of sp³-hybridized carbons (Fsp3) is 0.250. The number of rotatable bonds is 4. The van der Waals surface area contributed by atoms with Gasteiger partial charge in [0.25, 0.3) is 5.70 Å². The van der Waals surface area contributed by atoms with E-state index in [4.69, 9.17) is 11.3 Å². The maximum Gasteiger partial charge on any atom is 0.336 e. The second kappa shape index (κ2) is 7.00. The molecule has 1 aliphatic heterocycles. The lowest BCUT2D eigenvalue weighted by Gasteiger charge is -2.17. The molecule has 4 nitrogen and oxygen atoms in total. The van der Waals surface area contributed by atoms with Crippen LogP contribution in [0, 0.1) is 6.57 Å². The summed E-state index contributed by atoms with van der Waals surface area (Å²) in [5.74, 6) is -0.576. The van der Waals surface area contributed by atoms with E-state index >= 15 is 0 Å². The summed E-state index contributed by atoms with van der Waals surface area (Å²) in [5, 5.41) is 1.00. The van der Waals surface area contributed by atoms with Crippen LogP contribution >= 0.6 is 11.8 Å². The number of fused-ring (bicyclic) bond motifs is 1. The van der Waals surface area contributed by atoms with Crippen molar-refractivity contribution in [3.8, 4) is 0 Å². The van der Waals surface area contributed by atoms with Crippen LogP contribution in [0.4, 0.5) is 5.69 Å². The second-order valence-corrected chi connectivity index (χ2v) is 5.27. The molecule has 1 aliphatic rings. The number of hydrogen-bond donors (Lipinski definition) is 0. The van der Waals surface area contributed by atoms with Crippen molar-refractivity contribution in [2.75, 3.05) is 18.1 Å². The summed E-state index contributed by atoms with van der Waals surface area (Å²) in [6.45, 7) is 12.0. The van der Waals surface area contributed by atoms with Gasteiger partial charge in [-0.05, 0) is 38.1 Å². The molecule has 1 heterocycles. The zero-order valence-electron chi connectivity index (χ0n) is 12.0. The number of carbonyl (C=O) groups is 1. The highest BCUT2D eigenvalue weighted by atomic mass is 32.2. The molecular weight excluding hydrogens is 284 g/mol. The van der Waals surface area contributed by atoms with Crippen LogP contribution in [-0.4, -0.2) is 19.1 Å². The standard InChI is InChI=1S/C16H16N2O2S/c1-4-18-13-8-6-7-9-14(13)21-15(18)11-10-12(17-3)16(19)20-5-2/h6-11H,4-5H2,1-2H3/b12-10-,15-11-. The van der Waals surface area contributed by atoms with Gasteiger partial charge < -0.3 is 9.64 Å². The average Bonchev–Trinajstić information content (AvgIpc) is 2.85. The lowest BCUT2D eigenvalue weighted by molar-refractivity contribution is -0.138. The summed E-state index contributed by atoms with van der Waals surface area (Å²) in [7, 11) is 0. The third kappa shape index (κ3) is 3.29. The van der Waals surface area contributed by atoms with E-state index < -0.39 is 5.97 Å². The molecule has 108 valence electrons. The molecule has 0 saturated carbocycles. The molecule has 21 heavy (non-hydrogen) atoms. The smallest absolute Gasteiger partial charge is 0.336 e. The Balaban J connectivity index is 2.26. The van der Waals surface area contributed by atoms with Gasteiger partial charge in [-0.25, -0.2) is 4.85 Å². The first-order valence-electron chi connectivity index (χ1n) is 6.72. The van der Waals surface area contributed by atoms with Gasteiger partial charge in [-0.3, -0.25) is 4.79 Å². The predicted octanol–water partition coefficient (Wildman–Crippen LogP) is 3.83. The van der Waals surface area contributed by atoms with Crippen molar-refractivity contribution in [1.82, 2.24) is 0 Å². The Morgan fingerprint density at radius 1 is 1.43 bits per heavy atom. The molecule has 5 heteroatoms. The molecule has 0 bridgehead atoms. The van der Waals surface area contributed by atoms with Crippen molar-refractivity contribution in [1.29, 1.82) is 0 Å². The SMILES string of the molecule is [C-]#[N+]/C(=C\C=C1/Sc2ccccc2N1CC)C(=O)OCC. The number of hydrogen-bond acceptors (Lipinski definition) is 4. The lowest BCUT2D eigenvalue weighted by atomic mass is 10.3. The van der Waals surface area contributed by atoms with Crippen molar-refractivity contribution in [3.05, 3.63) is 58.6 Å². The summed E-state index contributed by atoms with van der Waals surface area (Å²) in [6, 6.07) is 8.14. The number of para-hydroxylation sites is 1. The first kappa shape index (κ1) is 15.2. The number of esters is 1. The van der Waals surface area contributed by atoms with Crippen LogP contribution in [0.5, 0.6) is 0 Å². The minimum atomic E-state index is -0.576. The van der Waals surface area contributed by atoms with Gasteiger partial charge in [0.2, 0.25) is 0 Å². The number of carbonyl (C=O) groups excluding carboxylic acids is 1. The number of allylic oxidation sites excluding steroid dienone is 2. The Kier molecular flexibility index (Phi) is 5.07. The number of nitrogens with zero attached hydrogens (tertiary/aromatic N) is 2. The fourth-order valence-electron chi connectivity index (χ4n) is 2.01. The van der Waals surface area contributed by atoms with Crippen LogP contribution in [0.3, 0.4) is 0 Å². The van der Waals surface area contributed by atoms with E-state index in [0.717, 1.165) is 17.3 Å². The van der Waals surface area contributed by atoms with E-state index in [1.165, 1.54) is 11.0 Å². The minimum Gasteiger partial charge on any atom is -0.471 e. The zero-order chi connectivity index (χ0) is 15.2. The van der Waals surface area contributed by atoms with Gasteiger partial charge in [-0.1, -0.05) is 23.9 Å². The van der Waals surface area contributed by atoms with E-state index in [1.807, 2.05) is 12.1 Å². The molecule has 1 aromatic rings. The average molecular weight is 300 g/mol. The maximum absolute atomic E-state index is 11.6. The minimum absolute atomic E-state index is 0.00282. The molecule has 0 amide bonds. The van der Waals surface area contributed by atoms with Crippen molar-refractivity contribution in [3.63, 3.8) is 0 Å². The Labute approximate surface area is 128 Å². The van der Waals surface area contributed by atoms with Gasteiger partial charge in [-0.15, -0.1) is 0 Å². The highest BCUT2D eigenvalue weighted by molar-refractivity contribution is 8.03. The normalized spacial score (nSPS) is 15.8. The van der Waals surface area contributed by atoms with Crippen LogP contribution in [0.25, 0.3) is 4.85 Å². The van der Waals surface area contributed by atoms with Crippen LogP contribution in [-0.2, 0) is 9.53 Å². The molecule has 0 unspecified atom stereocenters. The van der Waals surface area contributed by atoms with Gasteiger partial charge in [0, 0.05) is 11.4 Å². The number of anilines is 1. The Bertz CT molecular complexity index is 644. The van der Waals surface area contributed by atoms with Gasteiger partial charge >= 0.3 is 5.97 Å². The number of thioether (sulfide) groups is 1. The van der Waals surface area contributed by atoms with Crippen LogP contribution in [0.2, 0.25) is 0 Å². The Hall–Kier alpha value is -2.19. The van der Waals surface area contributed by atoms with Gasteiger partial charge in [0.1, 0.15) is 0 Å². The molecule has 0 aromatic heterocycles. The molecule has 0 spiro atoms. The lowest BCUT2D eigenvalue weighted by Crippen LogP contribution is -2.16. The molecule has 0 saturated heterocycles. The van der Waals surface area contributed by atoms with Crippen LogP contribution in [0.1, 0.15) is 13.8 Å². The van der Waals surface area contributed by atoms with Crippen molar-refractivity contribution >= 4 is 23.4 Å². The highest BCUT2D eigenvalue weighted by Crippen LogP contribution is 2.45. The summed E-state index contributed by atoms with van der Waals surface area (Å²) < 4.78 is 4.85. The predicted molar refractivity (Wildman–Crippen MR) is 84.7 cm³/mol. The third-order valence-corrected chi connectivity index (χ3v) is 4.07. The number of benzene rings is 1. The van der Waals surface area contributed by atoms with Gasteiger partial charge in [0.05, 0.1) is 23.9 Å². The van der Waals surface area contributed by atoms with E-state index in [2.05, 4.69) is 28.8 Å². The van der Waals surface area contributed by atoms with Crippen LogP contribution in [0.15, 0.2) is 52.0 Å². The monoisotopic (exact) mass is 300 g/mol. The molecule has 0 atom stereocenters. The maximum atomic E-state index is 11.6. The topological polar surface area (TPSA) is 33.9 Å². The first-order valence-corrected chi connectivity index (χ1v) is 7.53. The molecule has 0 radical (unpaired) electrons. The van der Waals surface area contributed by atoms with Gasteiger partial charge in [-0.2, -0.15) is 0 Å². The summed E-state index contributed by atoms with van der Waals surface area (Å²) in [5.41, 5.74) is 1.15.